The van der Waals surface area contributed by atoms with E-state index in [1.165, 1.54) is 27.8 Å². The Morgan fingerprint density at radius 1 is 0.684 bits per heavy atom. The van der Waals surface area contributed by atoms with Crippen LogP contribution < -0.4 is 0 Å². The molecule has 0 aliphatic rings. The van der Waals surface area contributed by atoms with E-state index in [2.05, 4.69) is 67.6 Å². The molecule has 0 heterocycles. The lowest BCUT2D eigenvalue weighted by atomic mass is 9.96. The van der Waals surface area contributed by atoms with Crippen LogP contribution in [0.1, 0.15) is 5.56 Å². The van der Waals surface area contributed by atoms with Gasteiger partial charge in [0.1, 0.15) is 0 Å². The zero-order valence-electron chi connectivity index (χ0n) is 10.9. The highest BCUT2D eigenvalue weighted by atomic mass is 14.1. The zero-order valence-corrected chi connectivity index (χ0v) is 10.9. The van der Waals surface area contributed by atoms with Gasteiger partial charge in [0, 0.05) is 0 Å². The van der Waals surface area contributed by atoms with Gasteiger partial charge in [-0.2, -0.15) is 0 Å². The van der Waals surface area contributed by atoms with Crippen LogP contribution in [-0.2, 0) is 0 Å². The fourth-order valence-electron chi connectivity index (χ4n) is 2.36. The molecule has 3 rings (SSSR count). The van der Waals surface area contributed by atoms with Crippen LogP contribution in [0.2, 0.25) is 0 Å². The van der Waals surface area contributed by atoms with Gasteiger partial charge in [-0.3, -0.25) is 0 Å². The number of aryl methyl sites for hydroxylation is 1. The predicted molar refractivity (Wildman–Crippen MR) is 80.9 cm³/mol. The third kappa shape index (κ3) is 2.43. The maximum Gasteiger partial charge on any atom is -0.0154 e. The van der Waals surface area contributed by atoms with Crippen molar-refractivity contribution in [2.24, 2.45) is 0 Å². The molecule has 91 valence electrons. The van der Waals surface area contributed by atoms with Gasteiger partial charge in [0.15, 0.2) is 0 Å². The quantitative estimate of drug-likeness (QED) is 0.585. The minimum absolute atomic E-state index is 1.25. The average molecular weight is 243 g/mol. The molecule has 0 spiro atoms. The van der Waals surface area contributed by atoms with Gasteiger partial charge < -0.3 is 0 Å². The Morgan fingerprint density at radius 2 is 1.42 bits per heavy atom. The molecule has 0 saturated heterocycles. The number of benzene rings is 3. The van der Waals surface area contributed by atoms with Crippen molar-refractivity contribution >= 4 is 0 Å². The molecule has 0 aliphatic carbocycles. The second kappa shape index (κ2) is 5.11. The largest absolute Gasteiger partial charge is 0.0622 e. The standard InChI is InChI=1S/C19H15/c1-15-14-18(16-8-4-2-5-9-16)12-13-19(15)17-10-6-3-7-11-17/h2,4-14H,1H3. The molecule has 19 heavy (non-hydrogen) atoms. The van der Waals surface area contributed by atoms with Gasteiger partial charge >= 0.3 is 0 Å². The Hall–Kier alpha value is -2.34. The van der Waals surface area contributed by atoms with Crippen LogP contribution in [0.25, 0.3) is 22.3 Å². The summed E-state index contributed by atoms with van der Waals surface area (Å²) in [6.07, 6.45) is 0. The summed E-state index contributed by atoms with van der Waals surface area (Å²) >= 11 is 0. The Labute approximate surface area is 114 Å². The highest BCUT2D eigenvalue weighted by Crippen LogP contribution is 2.28. The molecule has 3 aromatic carbocycles. The van der Waals surface area contributed by atoms with Crippen LogP contribution >= 0.6 is 0 Å². The topological polar surface area (TPSA) is 0 Å². The highest BCUT2D eigenvalue weighted by Gasteiger charge is 2.03. The van der Waals surface area contributed by atoms with Crippen LogP contribution in [0.3, 0.4) is 0 Å². The monoisotopic (exact) mass is 243 g/mol. The van der Waals surface area contributed by atoms with Crippen molar-refractivity contribution in [2.45, 2.75) is 6.92 Å². The van der Waals surface area contributed by atoms with Gasteiger partial charge in [-0.1, -0.05) is 72.8 Å². The first-order chi connectivity index (χ1) is 9.34. The van der Waals surface area contributed by atoms with E-state index in [0.29, 0.717) is 0 Å². The SMILES string of the molecule is Cc1cc(-c2ccccc2)ccc1-c1cc[c]cc1. The molecule has 1 radical (unpaired) electrons. The Balaban J connectivity index is 2.04. The van der Waals surface area contributed by atoms with Crippen molar-refractivity contribution < 1.29 is 0 Å². The summed E-state index contributed by atoms with van der Waals surface area (Å²) < 4.78 is 0. The fraction of sp³-hybridized carbons (Fsp3) is 0.0526. The molecule has 0 heteroatoms. The summed E-state index contributed by atoms with van der Waals surface area (Å²) in [6.45, 7) is 2.17. The zero-order chi connectivity index (χ0) is 13.1. The van der Waals surface area contributed by atoms with Crippen LogP contribution in [-0.4, -0.2) is 0 Å². The molecule has 3 aromatic rings. The van der Waals surface area contributed by atoms with Crippen LogP contribution in [0, 0.1) is 13.0 Å². The van der Waals surface area contributed by atoms with Gasteiger partial charge in [0.2, 0.25) is 0 Å². The first kappa shape index (κ1) is 11.7. The van der Waals surface area contributed by atoms with E-state index in [0.717, 1.165) is 0 Å². The smallest absolute Gasteiger partial charge is 0.0154 e. The molecule has 0 N–H and O–H groups in total. The molecule has 0 unspecified atom stereocenters. The Kier molecular flexibility index (Phi) is 3.16. The van der Waals surface area contributed by atoms with Crippen LogP contribution in [0.15, 0.2) is 72.8 Å². The van der Waals surface area contributed by atoms with Crippen molar-refractivity contribution in [2.75, 3.05) is 0 Å². The molecule has 0 aromatic heterocycles. The first-order valence-electron chi connectivity index (χ1n) is 6.47. The summed E-state index contributed by atoms with van der Waals surface area (Å²) in [7, 11) is 0. The van der Waals surface area contributed by atoms with Crippen molar-refractivity contribution in [1.29, 1.82) is 0 Å². The molecule has 0 aliphatic heterocycles. The van der Waals surface area contributed by atoms with E-state index in [4.69, 9.17) is 0 Å². The lowest BCUT2D eigenvalue weighted by molar-refractivity contribution is 1.45. The van der Waals surface area contributed by atoms with Crippen molar-refractivity contribution in [3.05, 3.63) is 84.4 Å². The normalized spacial score (nSPS) is 10.4. The van der Waals surface area contributed by atoms with Crippen LogP contribution in [0.5, 0.6) is 0 Å². The Bertz CT molecular complexity index is 667. The van der Waals surface area contributed by atoms with E-state index in [1.54, 1.807) is 0 Å². The minimum Gasteiger partial charge on any atom is -0.0622 e. The van der Waals surface area contributed by atoms with Crippen molar-refractivity contribution in [3.8, 4) is 22.3 Å². The molecular weight excluding hydrogens is 228 g/mol. The lowest BCUT2D eigenvalue weighted by Crippen LogP contribution is -1.85. The molecule has 0 bridgehead atoms. The third-order valence-corrected chi connectivity index (χ3v) is 3.36. The summed E-state index contributed by atoms with van der Waals surface area (Å²) in [5, 5.41) is 0. The predicted octanol–water partition coefficient (Wildman–Crippen LogP) is 5.13. The van der Waals surface area contributed by atoms with Crippen LogP contribution in [0.4, 0.5) is 0 Å². The highest BCUT2D eigenvalue weighted by molar-refractivity contribution is 5.73. The minimum atomic E-state index is 1.25. The van der Waals surface area contributed by atoms with E-state index >= 15 is 0 Å². The molecule has 0 amide bonds. The number of hydrogen-bond acceptors (Lipinski definition) is 0. The summed E-state index contributed by atoms with van der Waals surface area (Å²) in [5.74, 6) is 0. The number of hydrogen-bond donors (Lipinski definition) is 0. The van der Waals surface area contributed by atoms with Gasteiger partial charge in [-0.15, -0.1) is 0 Å². The first-order valence-corrected chi connectivity index (χ1v) is 6.47. The van der Waals surface area contributed by atoms with Gasteiger partial charge in [0.25, 0.3) is 0 Å². The van der Waals surface area contributed by atoms with E-state index in [1.807, 2.05) is 18.2 Å². The second-order valence-corrected chi connectivity index (χ2v) is 4.68. The summed E-state index contributed by atoms with van der Waals surface area (Å²) in [5.41, 5.74) is 6.36. The Morgan fingerprint density at radius 3 is 2.11 bits per heavy atom. The van der Waals surface area contributed by atoms with E-state index in [9.17, 15) is 0 Å². The summed E-state index contributed by atoms with van der Waals surface area (Å²) in [6, 6.07) is 28.3. The fourth-order valence-corrected chi connectivity index (χ4v) is 2.36. The van der Waals surface area contributed by atoms with E-state index < -0.39 is 0 Å². The molecule has 0 fully saturated rings. The van der Waals surface area contributed by atoms with Gasteiger partial charge in [-0.05, 0) is 40.8 Å². The maximum absolute atomic E-state index is 3.06. The van der Waals surface area contributed by atoms with E-state index in [-0.39, 0.29) is 0 Å². The molecule has 0 atom stereocenters. The summed E-state index contributed by atoms with van der Waals surface area (Å²) in [4.78, 5) is 0. The van der Waals surface area contributed by atoms with Gasteiger partial charge in [0.05, 0.1) is 0 Å². The van der Waals surface area contributed by atoms with Crippen molar-refractivity contribution in [1.82, 2.24) is 0 Å². The van der Waals surface area contributed by atoms with Crippen molar-refractivity contribution in [3.63, 3.8) is 0 Å². The van der Waals surface area contributed by atoms with Gasteiger partial charge in [-0.25, -0.2) is 0 Å². The second-order valence-electron chi connectivity index (χ2n) is 4.68. The lowest BCUT2D eigenvalue weighted by Gasteiger charge is -2.09. The molecular formula is C19H15. The number of rotatable bonds is 2. The average Bonchev–Trinajstić information content (AvgIpc) is 2.49. The third-order valence-electron chi connectivity index (χ3n) is 3.36. The molecule has 0 saturated carbocycles. The maximum atomic E-state index is 3.06. The molecule has 0 nitrogen and oxygen atoms in total.